The van der Waals surface area contributed by atoms with E-state index in [1.165, 1.54) is 6.20 Å². The molecule has 1 aliphatic heterocycles. The van der Waals surface area contributed by atoms with Gasteiger partial charge >= 0.3 is 0 Å². The van der Waals surface area contributed by atoms with Gasteiger partial charge in [0, 0.05) is 24.4 Å². The Hall–Kier alpha value is -1.14. The Kier molecular flexibility index (Phi) is 2.86. The van der Waals surface area contributed by atoms with E-state index in [4.69, 9.17) is 16.4 Å². The highest BCUT2D eigenvalue weighted by molar-refractivity contribution is 7.91. The van der Waals surface area contributed by atoms with Crippen molar-refractivity contribution in [3.05, 3.63) is 29.0 Å². The van der Waals surface area contributed by atoms with E-state index in [9.17, 15) is 8.42 Å². The van der Waals surface area contributed by atoms with Gasteiger partial charge in [-0.05, 0) is 12.1 Å². The van der Waals surface area contributed by atoms with Crippen molar-refractivity contribution in [3.8, 4) is 0 Å². The lowest BCUT2D eigenvalue weighted by Gasteiger charge is -2.03. The smallest absolute Gasteiger partial charge is 0.232 e. The van der Waals surface area contributed by atoms with E-state index in [0.29, 0.717) is 10.9 Å². The average molecular weight is 261 g/mol. The maximum absolute atomic E-state index is 11.2. The first-order chi connectivity index (χ1) is 7.47. The maximum atomic E-state index is 11.2. The lowest BCUT2D eigenvalue weighted by Crippen LogP contribution is -2.19. The van der Waals surface area contributed by atoms with Crippen molar-refractivity contribution in [2.45, 2.75) is 11.9 Å². The molecule has 2 heterocycles. The van der Waals surface area contributed by atoms with Crippen molar-refractivity contribution in [3.63, 3.8) is 0 Å². The van der Waals surface area contributed by atoms with Crippen LogP contribution in [0.15, 0.2) is 23.5 Å². The second-order valence-corrected chi connectivity index (χ2v) is 6.05. The van der Waals surface area contributed by atoms with Crippen LogP contribution in [0.2, 0.25) is 5.15 Å². The van der Waals surface area contributed by atoms with Crippen LogP contribution >= 0.6 is 11.6 Å². The van der Waals surface area contributed by atoms with Crippen LogP contribution in [0, 0.1) is 0 Å². The number of oxime groups is 1. The minimum Gasteiger partial charge on any atom is -0.375 e. The summed E-state index contributed by atoms with van der Waals surface area (Å²) in [6.45, 7) is 0. The molecule has 0 spiro atoms. The number of sulfone groups is 1. The molecule has 0 saturated carbocycles. The fourth-order valence-corrected chi connectivity index (χ4v) is 2.07. The van der Waals surface area contributed by atoms with E-state index in [0.717, 1.165) is 11.8 Å². The van der Waals surface area contributed by atoms with Gasteiger partial charge in [-0.1, -0.05) is 16.8 Å². The normalized spacial score (nSPS) is 20.4. The summed E-state index contributed by atoms with van der Waals surface area (Å²) in [7, 11) is -3.23. The Morgan fingerprint density at radius 2 is 2.25 bits per heavy atom. The van der Waals surface area contributed by atoms with Gasteiger partial charge in [-0.3, -0.25) is 0 Å². The molecule has 7 heteroatoms. The van der Waals surface area contributed by atoms with E-state index in [2.05, 4.69) is 10.1 Å². The SMILES string of the molecule is CS(=O)(=O)C1CC(c2ccc(Cl)nc2)=NO1. The summed E-state index contributed by atoms with van der Waals surface area (Å²) in [4.78, 5) is 8.74. The van der Waals surface area contributed by atoms with Crippen LogP contribution < -0.4 is 0 Å². The fourth-order valence-electron chi connectivity index (χ4n) is 1.30. The lowest BCUT2D eigenvalue weighted by atomic mass is 10.1. The molecule has 0 aliphatic carbocycles. The first-order valence-corrected chi connectivity index (χ1v) is 6.83. The van der Waals surface area contributed by atoms with Gasteiger partial charge in [-0.25, -0.2) is 13.4 Å². The van der Waals surface area contributed by atoms with Crippen LogP contribution in [0.4, 0.5) is 0 Å². The number of aromatic nitrogens is 1. The lowest BCUT2D eigenvalue weighted by molar-refractivity contribution is 0.141. The zero-order chi connectivity index (χ0) is 11.8. The topological polar surface area (TPSA) is 68.6 Å². The monoisotopic (exact) mass is 260 g/mol. The zero-order valence-corrected chi connectivity index (χ0v) is 9.99. The van der Waals surface area contributed by atoms with Crippen molar-refractivity contribution in [2.24, 2.45) is 5.16 Å². The third kappa shape index (κ3) is 2.33. The van der Waals surface area contributed by atoms with Gasteiger partial charge in [0.25, 0.3) is 0 Å². The first kappa shape index (κ1) is 11.3. The molecule has 0 amide bonds. The molecule has 2 rings (SSSR count). The maximum Gasteiger partial charge on any atom is 0.232 e. The van der Waals surface area contributed by atoms with E-state index < -0.39 is 15.3 Å². The second kappa shape index (κ2) is 4.03. The molecular weight excluding hydrogens is 252 g/mol. The minimum atomic E-state index is -3.23. The summed E-state index contributed by atoms with van der Waals surface area (Å²) in [5.41, 5.74) is 0.397. The molecule has 0 bridgehead atoms. The van der Waals surface area contributed by atoms with Gasteiger partial charge in [0.1, 0.15) is 5.15 Å². The molecule has 16 heavy (non-hydrogen) atoms. The summed E-state index contributed by atoms with van der Waals surface area (Å²) in [5.74, 6) is 0. The molecule has 0 aromatic carbocycles. The highest BCUT2D eigenvalue weighted by Gasteiger charge is 2.30. The minimum absolute atomic E-state index is 0.238. The summed E-state index contributed by atoms with van der Waals surface area (Å²) in [6, 6.07) is 3.34. The number of halogens is 1. The van der Waals surface area contributed by atoms with Crippen LogP contribution in [-0.2, 0) is 14.7 Å². The van der Waals surface area contributed by atoms with E-state index in [1.54, 1.807) is 12.1 Å². The van der Waals surface area contributed by atoms with Crippen molar-refractivity contribution in [1.29, 1.82) is 0 Å². The van der Waals surface area contributed by atoms with Crippen molar-refractivity contribution < 1.29 is 13.3 Å². The van der Waals surface area contributed by atoms with Crippen LogP contribution in [0.5, 0.6) is 0 Å². The number of rotatable bonds is 2. The third-order valence-corrected chi connectivity index (χ3v) is 3.61. The largest absolute Gasteiger partial charge is 0.375 e. The first-order valence-electron chi connectivity index (χ1n) is 4.50. The second-order valence-electron chi connectivity index (χ2n) is 3.48. The zero-order valence-electron chi connectivity index (χ0n) is 8.42. The number of hydrogen-bond donors (Lipinski definition) is 0. The molecule has 0 saturated heterocycles. The highest BCUT2D eigenvalue weighted by atomic mass is 35.5. The van der Waals surface area contributed by atoms with Gasteiger partial charge < -0.3 is 4.84 Å². The predicted octanol–water partition coefficient (Wildman–Crippen LogP) is 1.23. The molecule has 0 fully saturated rings. The van der Waals surface area contributed by atoms with Crippen LogP contribution in [0.1, 0.15) is 12.0 Å². The molecular formula is C9H9ClN2O3S. The Labute approximate surface area is 98.0 Å². The number of nitrogens with zero attached hydrogens (tertiary/aromatic N) is 2. The summed E-state index contributed by atoms with van der Waals surface area (Å²) < 4.78 is 22.5. The van der Waals surface area contributed by atoms with Crippen molar-refractivity contribution in [2.75, 3.05) is 6.26 Å². The van der Waals surface area contributed by atoms with Crippen LogP contribution in [0.25, 0.3) is 0 Å². The van der Waals surface area contributed by atoms with E-state index in [1.807, 2.05) is 0 Å². The van der Waals surface area contributed by atoms with E-state index >= 15 is 0 Å². The highest BCUT2D eigenvalue weighted by Crippen LogP contribution is 2.20. The molecule has 5 nitrogen and oxygen atoms in total. The Morgan fingerprint density at radius 3 is 2.75 bits per heavy atom. The van der Waals surface area contributed by atoms with Crippen LogP contribution in [-0.4, -0.2) is 30.8 Å². The van der Waals surface area contributed by atoms with Crippen molar-refractivity contribution >= 4 is 27.1 Å². The molecule has 86 valence electrons. The van der Waals surface area contributed by atoms with Gasteiger partial charge in [0.2, 0.25) is 5.44 Å². The summed E-state index contributed by atoms with van der Waals surface area (Å²) in [6.07, 6.45) is 2.90. The summed E-state index contributed by atoms with van der Waals surface area (Å²) in [5, 5.41) is 4.12. The van der Waals surface area contributed by atoms with E-state index in [-0.39, 0.29) is 6.42 Å². The fraction of sp³-hybridized carbons (Fsp3) is 0.333. The molecule has 1 unspecified atom stereocenters. The van der Waals surface area contributed by atoms with Gasteiger partial charge in [-0.15, -0.1) is 0 Å². The number of hydrogen-bond acceptors (Lipinski definition) is 5. The average Bonchev–Trinajstić information content (AvgIpc) is 2.67. The Balaban J connectivity index is 2.18. The Bertz CT molecular complexity index is 524. The van der Waals surface area contributed by atoms with Gasteiger partial charge in [0.05, 0.1) is 5.71 Å². The molecule has 1 atom stereocenters. The van der Waals surface area contributed by atoms with Gasteiger partial charge in [-0.2, -0.15) is 0 Å². The molecule has 1 aromatic rings. The standard InChI is InChI=1S/C9H9ClN2O3S/c1-16(13,14)9-4-7(12-15-9)6-2-3-8(10)11-5-6/h2-3,5,9H,4H2,1H3. The predicted molar refractivity (Wildman–Crippen MR) is 60.1 cm³/mol. The molecule has 0 N–H and O–H groups in total. The Morgan fingerprint density at radius 1 is 1.50 bits per heavy atom. The molecule has 1 aliphatic rings. The van der Waals surface area contributed by atoms with Crippen LogP contribution in [0.3, 0.4) is 0 Å². The van der Waals surface area contributed by atoms with Gasteiger partial charge in [0.15, 0.2) is 9.84 Å². The number of pyridine rings is 1. The third-order valence-electron chi connectivity index (χ3n) is 2.18. The summed E-state index contributed by atoms with van der Waals surface area (Å²) >= 11 is 5.64. The molecule has 0 radical (unpaired) electrons. The quantitative estimate of drug-likeness (QED) is 0.750. The molecule has 1 aromatic heterocycles. The van der Waals surface area contributed by atoms with Crippen molar-refractivity contribution in [1.82, 2.24) is 4.98 Å².